The molecule has 2 fully saturated rings. The first kappa shape index (κ1) is 14.5. The number of rotatable bonds is 1. The van der Waals surface area contributed by atoms with Gasteiger partial charge in [-0.1, -0.05) is 48.6 Å². The largest absolute Gasteiger partial charge is 0.293 e. The SMILES string of the molecule is C(#Cc1ccc([C@@H]2CC[C@@H]3CCCCN32)cc1)c1ccccc1. The Bertz CT molecular complexity index is 705. The topological polar surface area (TPSA) is 3.24 Å². The van der Waals surface area contributed by atoms with Crippen LogP contribution in [-0.4, -0.2) is 17.5 Å². The van der Waals surface area contributed by atoms with Crippen molar-refractivity contribution in [3.63, 3.8) is 0 Å². The predicted molar refractivity (Wildman–Crippen MR) is 95.2 cm³/mol. The molecular weight excluding hydrogens is 278 g/mol. The second-order valence-electron chi connectivity index (χ2n) is 6.72. The fourth-order valence-corrected chi connectivity index (χ4v) is 4.07. The normalized spacial score (nSPS) is 23.8. The Balaban J connectivity index is 1.49. The summed E-state index contributed by atoms with van der Waals surface area (Å²) in [5.74, 6) is 6.51. The van der Waals surface area contributed by atoms with Gasteiger partial charge in [-0.15, -0.1) is 0 Å². The van der Waals surface area contributed by atoms with E-state index in [9.17, 15) is 0 Å². The van der Waals surface area contributed by atoms with E-state index >= 15 is 0 Å². The Labute approximate surface area is 139 Å². The molecule has 2 aliphatic heterocycles. The van der Waals surface area contributed by atoms with E-state index in [4.69, 9.17) is 0 Å². The predicted octanol–water partition coefficient (Wildman–Crippen LogP) is 4.78. The number of piperidine rings is 1. The molecular formula is C22H23N. The highest BCUT2D eigenvalue weighted by molar-refractivity contribution is 5.43. The Hall–Kier alpha value is -2.04. The average Bonchev–Trinajstić information content (AvgIpc) is 3.05. The molecule has 0 unspecified atom stereocenters. The second kappa shape index (κ2) is 6.60. The molecule has 4 rings (SSSR count). The summed E-state index contributed by atoms with van der Waals surface area (Å²) in [6.45, 7) is 1.28. The van der Waals surface area contributed by atoms with Crippen LogP contribution in [0.3, 0.4) is 0 Å². The molecule has 2 aliphatic rings. The van der Waals surface area contributed by atoms with Gasteiger partial charge in [0.05, 0.1) is 0 Å². The van der Waals surface area contributed by atoms with E-state index in [-0.39, 0.29) is 0 Å². The smallest absolute Gasteiger partial charge is 0.0351 e. The summed E-state index contributed by atoms with van der Waals surface area (Å²) < 4.78 is 0. The van der Waals surface area contributed by atoms with Crippen molar-refractivity contribution in [2.75, 3.05) is 6.54 Å². The van der Waals surface area contributed by atoms with Gasteiger partial charge >= 0.3 is 0 Å². The lowest BCUT2D eigenvalue weighted by atomic mass is 10.0. The van der Waals surface area contributed by atoms with Crippen LogP contribution in [0.4, 0.5) is 0 Å². The fourth-order valence-electron chi connectivity index (χ4n) is 4.07. The molecule has 0 spiro atoms. The van der Waals surface area contributed by atoms with Crippen molar-refractivity contribution in [1.29, 1.82) is 0 Å². The summed E-state index contributed by atoms with van der Waals surface area (Å²) in [6.07, 6.45) is 6.88. The third-order valence-electron chi connectivity index (χ3n) is 5.27. The van der Waals surface area contributed by atoms with Crippen molar-refractivity contribution in [3.8, 4) is 11.8 Å². The van der Waals surface area contributed by atoms with Gasteiger partial charge in [0.1, 0.15) is 0 Å². The lowest BCUT2D eigenvalue weighted by Crippen LogP contribution is -2.35. The highest BCUT2D eigenvalue weighted by Crippen LogP contribution is 2.40. The number of hydrogen-bond donors (Lipinski definition) is 0. The molecule has 0 saturated carbocycles. The summed E-state index contributed by atoms with van der Waals surface area (Å²) in [5.41, 5.74) is 3.65. The van der Waals surface area contributed by atoms with Crippen LogP contribution in [0.5, 0.6) is 0 Å². The van der Waals surface area contributed by atoms with Crippen LogP contribution in [0.15, 0.2) is 54.6 Å². The minimum atomic E-state index is 0.636. The van der Waals surface area contributed by atoms with Crippen LogP contribution < -0.4 is 0 Å². The van der Waals surface area contributed by atoms with Gasteiger partial charge in [-0.05, 0) is 62.1 Å². The van der Waals surface area contributed by atoms with E-state index in [1.54, 1.807) is 0 Å². The van der Waals surface area contributed by atoms with Crippen LogP contribution in [0, 0.1) is 11.8 Å². The quantitative estimate of drug-likeness (QED) is 0.685. The van der Waals surface area contributed by atoms with Gasteiger partial charge in [0, 0.05) is 23.2 Å². The van der Waals surface area contributed by atoms with Gasteiger partial charge in [-0.25, -0.2) is 0 Å². The third kappa shape index (κ3) is 3.19. The van der Waals surface area contributed by atoms with E-state index in [2.05, 4.69) is 53.1 Å². The maximum absolute atomic E-state index is 3.27. The minimum Gasteiger partial charge on any atom is -0.293 e. The molecule has 0 aliphatic carbocycles. The molecule has 2 atom stereocenters. The maximum atomic E-state index is 3.27. The van der Waals surface area contributed by atoms with Crippen molar-refractivity contribution < 1.29 is 0 Å². The molecule has 0 N–H and O–H groups in total. The zero-order chi connectivity index (χ0) is 15.5. The lowest BCUT2D eigenvalue weighted by molar-refractivity contribution is 0.150. The van der Waals surface area contributed by atoms with Crippen molar-refractivity contribution >= 4 is 0 Å². The molecule has 0 amide bonds. The van der Waals surface area contributed by atoms with Crippen LogP contribution >= 0.6 is 0 Å². The molecule has 1 nitrogen and oxygen atoms in total. The first-order valence-corrected chi connectivity index (χ1v) is 8.83. The standard InChI is InChI=1S/C22H23N/c1-2-6-18(7-3-1)9-10-19-11-13-20(14-12-19)22-16-15-21-8-4-5-17-23(21)22/h1-3,6-7,11-14,21-22H,4-5,8,15-17H2/t21-,22-/m0/s1. The zero-order valence-electron chi connectivity index (χ0n) is 13.5. The average molecular weight is 301 g/mol. The van der Waals surface area contributed by atoms with Crippen molar-refractivity contribution in [3.05, 3.63) is 71.3 Å². The van der Waals surface area contributed by atoms with Gasteiger partial charge in [-0.2, -0.15) is 0 Å². The summed E-state index contributed by atoms with van der Waals surface area (Å²) >= 11 is 0. The Morgan fingerprint density at radius 3 is 2.26 bits per heavy atom. The Kier molecular flexibility index (Phi) is 4.18. The van der Waals surface area contributed by atoms with Crippen molar-refractivity contribution in [2.45, 2.75) is 44.2 Å². The fraction of sp³-hybridized carbons (Fsp3) is 0.364. The first-order chi connectivity index (χ1) is 11.4. The van der Waals surface area contributed by atoms with Gasteiger partial charge in [0.15, 0.2) is 0 Å². The molecule has 0 radical (unpaired) electrons. The van der Waals surface area contributed by atoms with Crippen LogP contribution in [-0.2, 0) is 0 Å². The number of hydrogen-bond acceptors (Lipinski definition) is 1. The Morgan fingerprint density at radius 2 is 1.48 bits per heavy atom. The molecule has 1 heteroatoms. The van der Waals surface area contributed by atoms with Crippen molar-refractivity contribution in [1.82, 2.24) is 4.90 Å². The summed E-state index contributed by atoms with van der Waals surface area (Å²) in [5, 5.41) is 0. The second-order valence-corrected chi connectivity index (χ2v) is 6.72. The molecule has 0 aromatic heterocycles. The molecule has 2 heterocycles. The molecule has 0 bridgehead atoms. The highest BCUT2D eigenvalue weighted by atomic mass is 15.2. The van der Waals surface area contributed by atoms with Gasteiger partial charge < -0.3 is 0 Å². The van der Waals surface area contributed by atoms with Crippen LogP contribution in [0.1, 0.15) is 54.8 Å². The maximum Gasteiger partial charge on any atom is 0.0351 e. The number of fused-ring (bicyclic) bond motifs is 1. The van der Waals surface area contributed by atoms with E-state index in [1.165, 1.54) is 44.2 Å². The molecule has 116 valence electrons. The van der Waals surface area contributed by atoms with E-state index in [0.717, 1.165) is 17.2 Å². The third-order valence-corrected chi connectivity index (χ3v) is 5.27. The van der Waals surface area contributed by atoms with E-state index in [1.807, 2.05) is 18.2 Å². The summed E-state index contributed by atoms with van der Waals surface area (Å²) in [6, 6.07) is 20.6. The lowest BCUT2D eigenvalue weighted by Gasteiger charge is -2.34. The van der Waals surface area contributed by atoms with Crippen molar-refractivity contribution in [2.24, 2.45) is 0 Å². The van der Waals surface area contributed by atoms with Gasteiger partial charge in [0.25, 0.3) is 0 Å². The van der Waals surface area contributed by atoms with E-state index in [0.29, 0.717) is 6.04 Å². The first-order valence-electron chi connectivity index (χ1n) is 8.83. The molecule has 2 saturated heterocycles. The highest BCUT2D eigenvalue weighted by Gasteiger charge is 2.35. The van der Waals surface area contributed by atoms with Crippen LogP contribution in [0.2, 0.25) is 0 Å². The molecule has 2 aromatic carbocycles. The Morgan fingerprint density at radius 1 is 0.739 bits per heavy atom. The molecule has 23 heavy (non-hydrogen) atoms. The van der Waals surface area contributed by atoms with Crippen LogP contribution in [0.25, 0.3) is 0 Å². The minimum absolute atomic E-state index is 0.636. The monoisotopic (exact) mass is 301 g/mol. The van der Waals surface area contributed by atoms with E-state index < -0.39 is 0 Å². The number of nitrogens with zero attached hydrogens (tertiary/aromatic N) is 1. The zero-order valence-corrected chi connectivity index (χ0v) is 13.5. The van der Waals surface area contributed by atoms with Gasteiger partial charge in [0.2, 0.25) is 0 Å². The summed E-state index contributed by atoms with van der Waals surface area (Å²) in [4.78, 5) is 2.74. The summed E-state index contributed by atoms with van der Waals surface area (Å²) in [7, 11) is 0. The number of benzene rings is 2. The molecule has 2 aromatic rings. The van der Waals surface area contributed by atoms with Gasteiger partial charge in [-0.3, -0.25) is 4.90 Å².